The van der Waals surface area contributed by atoms with Gasteiger partial charge in [-0.3, -0.25) is 4.79 Å². The van der Waals surface area contributed by atoms with Crippen LogP contribution in [0, 0.1) is 0 Å². The third-order valence-corrected chi connectivity index (χ3v) is 5.67. The number of fused-ring (bicyclic) bond motifs is 1. The maximum absolute atomic E-state index is 13.0. The maximum Gasteiger partial charge on any atom is 0.387 e. The molecular formula is C19H18F2N4O3S. The topological polar surface area (TPSA) is 67.8 Å². The quantitative estimate of drug-likeness (QED) is 0.631. The number of ether oxygens (including phenoxy) is 2. The first-order valence-electron chi connectivity index (χ1n) is 8.94. The van der Waals surface area contributed by atoms with Crippen LogP contribution in [0.5, 0.6) is 11.5 Å². The number of amides is 1. The first kappa shape index (κ1) is 19.3. The zero-order chi connectivity index (χ0) is 20.4. The molecule has 0 spiro atoms. The molecule has 10 heteroatoms. The molecule has 0 bridgehead atoms. The number of methoxy groups -OCH3 is 1. The van der Waals surface area contributed by atoms with Crippen LogP contribution >= 0.6 is 11.3 Å². The minimum absolute atomic E-state index is 0.0577. The lowest BCUT2D eigenvalue weighted by atomic mass is 10.1. The number of pyridine rings is 1. The predicted octanol–water partition coefficient (Wildman–Crippen LogP) is 3.26. The Morgan fingerprint density at radius 3 is 2.66 bits per heavy atom. The van der Waals surface area contributed by atoms with Crippen molar-refractivity contribution in [3.63, 3.8) is 0 Å². The normalized spacial score (nSPS) is 14.5. The van der Waals surface area contributed by atoms with Crippen molar-refractivity contribution in [2.24, 2.45) is 0 Å². The van der Waals surface area contributed by atoms with Gasteiger partial charge in [0.05, 0.1) is 12.7 Å². The van der Waals surface area contributed by atoms with Crippen LogP contribution in [0.25, 0.3) is 10.3 Å². The van der Waals surface area contributed by atoms with Gasteiger partial charge in [0.1, 0.15) is 10.3 Å². The lowest BCUT2D eigenvalue weighted by Gasteiger charge is -2.34. The lowest BCUT2D eigenvalue weighted by Crippen LogP contribution is -2.48. The van der Waals surface area contributed by atoms with Crippen LogP contribution in [0.15, 0.2) is 36.5 Å². The number of piperazine rings is 1. The summed E-state index contributed by atoms with van der Waals surface area (Å²) in [6.07, 6.45) is 1.73. The maximum atomic E-state index is 13.0. The number of para-hydroxylation sites is 1. The standard InChI is InChI=1S/C19H18F2N4O3S/c1-27-14-6-2-4-12(15(14)28-18(20)21)17(26)24-8-10-25(11-9-24)19-23-13-5-3-7-22-16(13)29-19/h2-7,18H,8-11H2,1H3. The smallest absolute Gasteiger partial charge is 0.387 e. The Balaban J connectivity index is 1.49. The number of hydrogen-bond donors (Lipinski definition) is 0. The molecular weight excluding hydrogens is 402 g/mol. The number of benzene rings is 1. The molecule has 0 saturated carbocycles. The molecule has 0 aliphatic carbocycles. The van der Waals surface area contributed by atoms with E-state index in [0.29, 0.717) is 26.2 Å². The van der Waals surface area contributed by atoms with Gasteiger partial charge < -0.3 is 19.3 Å². The van der Waals surface area contributed by atoms with Gasteiger partial charge in [0.25, 0.3) is 5.91 Å². The summed E-state index contributed by atoms with van der Waals surface area (Å²) >= 11 is 1.50. The van der Waals surface area contributed by atoms with E-state index in [1.54, 1.807) is 17.2 Å². The Morgan fingerprint density at radius 1 is 1.17 bits per heavy atom. The van der Waals surface area contributed by atoms with E-state index in [-0.39, 0.29) is 23.0 Å². The number of rotatable bonds is 5. The highest BCUT2D eigenvalue weighted by Gasteiger charge is 2.28. The van der Waals surface area contributed by atoms with Crippen molar-refractivity contribution in [1.29, 1.82) is 0 Å². The molecule has 1 fully saturated rings. The summed E-state index contributed by atoms with van der Waals surface area (Å²) < 4.78 is 35.3. The fourth-order valence-corrected chi connectivity index (χ4v) is 4.18. The van der Waals surface area contributed by atoms with Gasteiger partial charge in [0, 0.05) is 32.4 Å². The van der Waals surface area contributed by atoms with E-state index in [1.807, 2.05) is 12.1 Å². The number of carbonyl (C=O) groups excluding carboxylic acids is 1. The van der Waals surface area contributed by atoms with Crippen LogP contribution in [0.1, 0.15) is 10.4 Å². The van der Waals surface area contributed by atoms with Crippen molar-refractivity contribution in [1.82, 2.24) is 14.9 Å². The van der Waals surface area contributed by atoms with Gasteiger partial charge in [0.2, 0.25) is 0 Å². The molecule has 1 aromatic carbocycles. The molecule has 7 nitrogen and oxygen atoms in total. The van der Waals surface area contributed by atoms with Crippen LogP contribution in [-0.4, -0.2) is 60.7 Å². The van der Waals surface area contributed by atoms with Crippen molar-refractivity contribution in [3.05, 3.63) is 42.1 Å². The second-order valence-electron chi connectivity index (χ2n) is 6.32. The second-order valence-corrected chi connectivity index (χ2v) is 7.27. The molecule has 1 aliphatic heterocycles. The average molecular weight is 420 g/mol. The second kappa shape index (κ2) is 8.16. The first-order valence-corrected chi connectivity index (χ1v) is 9.76. The number of nitrogens with zero attached hydrogens (tertiary/aromatic N) is 4. The van der Waals surface area contributed by atoms with E-state index in [1.165, 1.54) is 30.6 Å². The van der Waals surface area contributed by atoms with Crippen molar-refractivity contribution < 1.29 is 23.0 Å². The molecule has 1 amide bonds. The summed E-state index contributed by atoms with van der Waals surface area (Å²) in [7, 11) is 1.34. The summed E-state index contributed by atoms with van der Waals surface area (Å²) in [4.78, 5) is 26.4. The molecule has 0 N–H and O–H groups in total. The molecule has 2 aromatic heterocycles. The SMILES string of the molecule is COc1cccc(C(=O)N2CCN(c3nc4cccnc4s3)CC2)c1OC(F)F. The van der Waals surface area contributed by atoms with Crippen LogP contribution in [0.3, 0.4) is 0 Å². The summed E-state index contributed by atoms with van der Waals surface area (Å²) in [5.41, 5.74) is 0.901. The molecule has 3 heterocycles. The van der Waals surface area contributed by atoms with Crippen LogP contribution in [0.4, 0.5) is 13.9 Å². The Hall–Kier alpha value is -3.01. The number of alkyl halides is 2. The minimum atomic E-state index is -3.05. The van der Waals surface area contributed by atoms with E-state index >= 15 is 0 Å². The average Bonchev–Trinajstić information content (AvgIpc) is 3.17. The van der Waals surface area contributed by atoms with Gasteiger partial charge in [-0.15, -0.1) is 0 Å². The molecule has 0 atom stereocenters. The molecule has 0 unspecified atom stereocenters. The van der Waals surface area contributed by atoms with Gasteiger partial charge in [-0.05, 0) is 24.3 Å². The van der Waals surface area contributed by atoms with Crippen molar-refractivity contribution >= 4 is 32.7 Å². The third-order valence-electron chi connectivity index (χ3n) is 4.63. The number of halogens is 2. The number of anilines is 1. The minimum Gasteiger partial charge on any atom is -0.493 e. The van der Waals surface area contributed by atoms with Gasteiger partial charge in [0.15, 0.2) is 16.6 Å². The highest BCUT2D eigenvalue weighted by molar-refractivity contribution is 7.21. The Labute approximate surface area is 169 Å². The van der Waals surface area contributed by atoms with E-state index in [2.05, 4.69) is 19.6 Å². The number of aromatic nitrogens is 2. The zero-order valence-corrected chi connectivity index (χ0v) is 16.4. The van der Waals surface area contributed by atoms with Crippen LogP contribution in [-0.2, 0) is 0 Å². The number of hydrogen-bond acceptors (Lipinski definition) is 7. The Morgan fingerprint density at radius 2 is 1.97 bits per heavy atom. The molecule has 29 heavy (non-hydrogen) atoms. The van der Waals surface area contributed by atoms with Gasteiger partial charge in [-0.1, -0.05) is 17.4 Å². The summed E-state index contributed by atoms with van der Waals surface area (Å²) in [5, 5.41) is 0.855. The molecule has 152 valence electrons. The van der Waals surface area contributed by atoms with Crippen molar-refractivity contribution in [2.45, 2.75) is 6.61 Å². The Kier molecular flexibility index (Phi) is 5.43. The van der Waals surface area contributed by atoms with Crippen molar-refractivity contribution in [3.8, 4) is 11.5 Å². The Bertz CT molecular complexity index is 989. The lowest BCUT2D eigenvalue weighted by molar-refractivity contribution is -0.0516. The molecule has 3 aromatic rings. The molecule has 4 rings (SSSR count). The van der Waals surface area contributed by atoms with Crippen LogP contribution < -0.4 is 14.4 Å². The van der Waals surface area contributed by atoms with Gasteiger partial charge in [-0.2, -0.15) is 8.78 Å². The van der Waals surface area contributed by atoms with E-state index in [4.69, 9.17) is 4.74 Å². The summed E-state index contributed by atoms with van der Waals surface area (Å²) in [6, 6.07) is 8.28. The zero-order valence-electron chi connectivity index (χ0n) is 15.5. The molecule has 1 saturated heterocycles. The monoisotopic (exact) mass is 420 g/mol. The number of carbonyl (C=O) groups is 1. The van der Waals surface area contributed by atoms with Gasteiger partial charge >= 0.3 is 6.61 Å². The largest absolute Gasteiger partial charge is 0.493 e. The van der Waals surface area contributed by atoms with E-state index in [0.717, 1.165) is 15.5 Å². The van der Waals surface area contributed by atoms with E-state index in [9.17, 15) is 13.6 Å². The van der Waals surface area contributed by atoms with Crippen LogP contribution in [0.2, 0.25) is 0 Å². The fraction of sp³-hybridized carbons (Fsp3) is 0.316. The van der Waals surface area contributed by atoms with Gasteiger partial charge in [-0.25, -0.2) is 9.97 Å². The highest BCUT2D eigenvalue weighted by atomic mass is 32.1. The van der Waals surface area contributed by atoms with Crippen molar-refractivity contribution in [2.75, 3.05) is 38.2 Å². The third kappa shape index (κ3) is 3.93. The molecule has 0 radical (unpaired) electrons. The number of thiazole rings is 1. The summed E-state index contributed by atoms with van der Waals surface area (Å²) in [5.74, 6) is -0.517. The summed E-state index contributed by atoms with van der Waals surface area (Å²) in [6.45, 7) is -1.01. The fourth-order valence-electron chi connectivity index (χ4n) is 3.22. The first-order chi connectivity index (χ1) is 14.1. The predicted molar refractivity (Wildman–Crippen MR) is 105 cm³/mol. The van der Waals surface area contributed by atoms with E-state index < -0.39 is 6.61 Å². The highest BCUT2D eigenvalue weighted by Crippen LogP contribution is 2.34. The molecule has 1 aliphatic rings.